The first-order valence-corrected chi connectivity index (χ1v) is 13.0. The van der Waals surface area contributed by atoms with Crippen molar-refractivity contribution in [1.29, 1.82) is 0 Å². The van der Waals surface area contributed by atoms with Crippen LogP contribution in [0.15, 0.2) is 96.2 Å². The van der Waals surface area contributed by atoms with Gasteiger partial charge < -0.3 is 10.1 Å². The minimum Gasteiger partial charge on any atom is -0.495 e. The Morgan fingerprint density at radius 3 is 2.39 bits per heavy atom. The summed E-state index contributed by atoms with van der Waals surface area (Å²) in [5.74, 6) is 1.32. The summed E-state index contributed by atoms with van der Waals surface area (Å²) in [5.41, 5.74) is 2.68. The molecule has 0 bridgehead atoms. The lowest BCUT2D eigenvalue weighted by Gasteiger charge is -2.21. The Labute approximate surface area is 215 Å². The Balaban J connectivity index is 0.00000176. The lowest BCUT2D eigenvalue weighted by molar-refractivity contribution is 0.241. The molecular formula is C28H32N4O3S. The van der Waals surface area contributed by atoms with Crippen LogP contribution in [0.1, 0.15) is 36.8 Å². The maximum Gasteiger partial charge on any atom is 0.327 e. The van der Waals surface area contributed by atoms with Crippen molar-refractivity contribution in [2.24, 2.45) is 0 Å². The molecule has 8 heteroatoms. The molecule has 2 N–H and O–H groups in total. The molecule has 0 spiro atoms. The van der Waals surface area contributed by atoms with E-state index in [0.717, 1.165) is 16.8 Å². The number of nitrogens with zero attached hydrogens (tertiary/aromatic N) is 2. The van der Waals surface area contributed by atoms with Crippen molar-refractivity contribution < 1.29 is 13.7 Å². The quantitative estimate of drug-likeness (QED) is 0.331. The number of hydrogen-bond donors (Lipinski definition) is 2. The predicted octanol–water partition coefficient (Wildman–Crippen LogP) is 5.52. The SMILES string of the molecule is CC.COc1ccccc1-n1ccnc1C(Cc1ccccc1)NC(=O)NS(=O)c1ccccc1C. The van der Waals surface area contributed by atoms with Crippen LogP contribution in [0, 0.1) is 6.92 Å². The topological polar surface area (TPSA) is 85.2 Å². The van der Waals surface area contributed by atoms with Gasteiger partial charge in [-0.2, -0.15) is 0 Å². The van der Waals surface area contributed by atoms with Crippen LogP contribution >= 0.6 is 0 Å². The summed E-state index contributed by atoms with van der Waals surface area (Å²) in [6.07, 6.45) is 4.01. The lowest BCUT2D eigenvalue weighted by Crippen LogP contribution is -2.40. The number of carbonyl (C=O) groups is 1. The van der Waals surface area contributed by atoms with E-state index in [1.807, 2.05) is 98.3 Å². The van der Waals surface area contributed by atoms with Gasteiger partial charge in [-0.05, 0) is 42.7 Å². The van der Waals surface area contributed by atoms with Crippen molar-refractivity contribution in [2.75, 3.05) is 7.11 Å². The van der Waals surface area contributed by atoms with Gasteiger partial charge in [-0.1, -0.05) is 74.5 Å². The molecule has 0 fully saturated rings. The average molecular weight is 505 g/mol. The summed E-state index contributed by atoms with van der Waals surface area (Å²) in [5, 5.41) is 2.97. The second-order valence-electron chi connectivity index (χ2n) is 7.68. The zero-order valence-electron chi connectivity index (χ0n) is 21.0. The molecular weight excluding hydrogens is 472 g/mol. The van der Waals surface area contributed by atoms with Gasteiger partial charge >= 0.3 is 6.03 Å². The number of nitrogens with one attached hydrogen (secondary N) is 2. The molecule has 0 radical (unpaired) electrons. The summed E-state index contributed by atoms with van der Waals surface area (Å²) < 4.78 is 22.8. The first-order chi connectivity index (χ1) is 17.6. The third kappa shape index (κ3) is 6.60. The van der Waals surface area contributed by atoms with Gasteiger partial charge in [0.15, 0.2) is 11.0 Å². The van der Waals surface area contributed by atoms with Crippen LogP contribution in [0.4, 0.5) is 4.79 Å². The summed E-state index contributed by atoms with van der Waals surface area (Å²) in [7, 11) is -0.0759. The zero-order valence-corrected chi connectivity index (χ0v) is 21.8. The molecule has 0 aliphatic heterocycles. The summed E-state index contributed by atoms with van der Waals surface area (Å²) >= 11 is 0. The monoisotopic (exact) mass is 504 g/mol. The number of urea groups is 1. The molecule has 36 heavy (non-hydrogen) atoms. The fraction of sp³-hybridized carbons (Fsp3) is 0.214. The number of hydrogen-bond acceptors (Lipinski definition) is 4. The van der Waals surface area contributed by atoms with E-state index in [0.29, 0.717) is 22.9 Å². The number of benzene rings is 3. The van der Waals surface area contributed by atoms with Crippen molar-refractivity contribution in [3.8, 4) is 11.4 Å². The van der Waals surface area contributed by atoms with Crippen LogP contribution in [0.25, 0.3) is 5.69 Å². The van der Waals surface area contributed by atoms with Gasteiger partial charge in [-0.3, -0.25) is 9.29 Å². The van der Waals surface area contributed by atoms with Crippen molar-refractivity contribution in [3.63, 3.8) is 0 Å². The van der Waals surface area contributed by atoms with E-state index in [1.165, 1.54) is 0 Å². The number of rotatable bonds is 8. The van der Waals surface area contributed by atoms with Crippen LogP contribution in [0.3, 0.4) is 0 Å². The van der Waals surface area contributed by atoms with Crippen LogP contribution in [0.5, 0.6) is 5.75 Å². The van der Waals surface area contributed by atoms with Gasteiger partial charge in [0.05, 0.1) is 23.7 Å². The molecule has 7 nitrogen and oxygen atoms in total. The van der Waals surface area contributed by atoms with E-state index < -0.39 is 23.1 Å². The fourth-order valence-corrected chi connectivity index (χ4v) is 4.65. The Bertz CT molecular complexity index is 1290. The minimum atomic E-state index is -1.69. The van der Waals surface area contributed by atoms with Crippen LogP contribution in [-0.2, 0) is 17.4 Å². The Morgan fingerprint density at radius 1 is 1.00 bits per heavy atom. The van der Waals surface area contributed by atoms with Crippen LogP contribution in [-0.4, -0.2) is 26.9 Å². The highest BCUT2D eigenvalue weighted by atomic mass is 32.2. The Kier molecular flexibility index (Phi) is 9.82. The number of aromatic nitrogens is 2. The summed E-state index contributed by atoms with van der Waals surface area (Å²) in [6, 6.07) is 23.7. The molecule has 3 aromatic carbocycles. The highest BCUT2D eigenvalue weighted by molar-refractivity contribution is 7.83. The van der Waals surface area contributed by atoms with Gasteiger partial charge in [0.25, 0.3) is 0 Å². The van der Waals surface area contributed by atoms with Crippen LogP contribution < -0.4 is 14.8 Å². The first kappa shape index (κ1) is 26.7. The Hall–Kier alpha value is -3.91. The summed E-state index contributed by atoms with van der Waals surface area (Å²) in [6.45, 7) is 5.86. The zero-order chi connectivity index (χ0) is 25.9. The number of para-hydroxylation sites is 2. The van der Waals surface area contributed by atoms with Crippen molar-refractivity contribution in [2.45, 2.75) is 38.1 Å². The molecule has 4 rings (SSSR count). The van der Waals surface area contributed by atoms with E-state index in [-0.39, 0.29) is 0 Å². The number of amides is 2. The first-order valence-electron chi connectivity index (χ1n) is 11.8. The largest absolute Gasteiger partial charge is 0.495 e. The van der Waals surface area contributed by atoms with Crippen molar-refractivity contribution >= 4 is 17.0 Å². The number of methoxy groups -OCH3 is 1. The molecule has 4 aromatic rings. The smallest absolute Gasteiger partial charge is 0.327 e. The highest BCUT2D eigenvalue weighted by Crippen LogP contribution is 2.27. The van der Waals surface area contributed by atoms with Gasteiger partial charge in [0, 0.05) is 12.4 Å². The summed E-state index contributed by atoms with van der Waals surface area (Å²) in [4.78, 5) is 18.0. The molecule has 2 amide bonds. The maximum atomic E-state index is 12.9. The molecule has 0 saturated heterocycles. The normalized spacial score (nSPS) is 12.0. The van der Waals surface area contributed by atoms with Crippen molar-refractivity contribution in [1.82, 2.24) is 19.6 Å². The standard InChI is InChI=1S/C26H26N4O3S.C2H6/c1-19-10-6-9-15-24(19)34(32)29-26(31)28-21(18-20-11-4-3-5-12-20)25-27-16-17-30(25)22-13-7-8-14-23(22)33-2;1-2/h3-17,21H,18H2,1-2H3,(H2,28,29,31);1-2H3. The highest BCUT2D eigenvalue weighted by Gasteiger charge is 2.23. The lowest BCUT2D eigenvalue weighted by atomic mass is 10.1. The minimum absolute atomic E-state index is 0.490. The third-order valence-electron chi connectivity index (χ3n) is 5.39. The third-order valence-corrected chi connectivity index (χ3v) is 6.62. The van der Waals surface area contributed by atoms with Gasteiger partial charge in [-0.25, -0.2) is 14.0 Å². The van der Waals surface area contributed by atoms with E-state index in [1.54, 1.807) is 25.4 Å². The molecule has 0 saturated carbocycles. The average Bonchev–Trinajstić information content (AvgIpc) is 3.40. The molecule has 1 aromatic heterocycles. The van der Waals surface area contributed by atoms with E-state index >= 15 is 0 Å². The predicted molar refractivity (Wildman–Crippen MR) is 144 cm³/mol. The number of aryl methyl sites for hydroxylation is 1. The molecule has 1 heterocycles. The van der Waals surface area contributed by atoms with Gasteiger partial charge in [-0.15, -0.1) is 0 Å². The van der Waals surface area contributed by atoms with E-state index in [9.17, 15) is 9.00 Å². The number of carbonyl (C=O) groups excluding carboxylic acids is 1. The fourth-order valence-electron chi connectivity index (χ4n) is 3.75. The van der Waals surface area contributed by atoms with E-state index in [2.05, 4.69) is 15.0 Å². The van der Waals surface area contributed by atoms with Crippen molar-refractivity contribution in [3.05, 3.63) is 108 Å². The number of ether oxygens (including phenoxy) is 1. The van der Waals surface area contributed by atoms with E-state index in [4.69, 9.17) is 4.74 Å². The van der Waals surface area contributed by atoms with Crippen LogP contribution in [0.2, 0.25) is 0 Å². The van der Waals surface area contributed by atoms with Gasteiger partial charge in [0.2, 0.25) is 0 Å². The molecule has 188 valence electrons. The van der Waals surface area contributed by atoms with Gasteiger partial charge in [0.1, 0.15) is 11.6 Å². The number of imidazole rings is 1. The molecule has 0 aliphatic carbocycles. The second kappa shape index (κ2) is 13.3. The maximum absolute atomic E-state index is 12.9. The second-order valence-corrected chi connectivity index (χ2v) is 8.86. The molecule has 2 atom stereocenters. The Morgan fingerprint density at radius 2 is 1.67 bits per heavy atom. The molecule has 2 unspecified atom stereocenters. The molecule has 0 aliphatic rings.